The maximum absolute atomic E-state index is 11.4. The van der Waals surface area contributed by atoms with Crippen LogP contribution in [0.1, 0.15) is 20.8 Å². The molecule has 8 heteroatoms. The van der Waals surface area contributed by atoms with Crippen LogP contribution in [0.15, 0.2) is 0 Å². The molecule has 1 saturated heterocycles. The van der Waals surface area contributed by atoms with Crippen molar-refractivity contribution in [3.8, 4) is 0 Å². The van der Waals surface area contributed by atoms with Crippen molar-refractivity contribution in [3.05, 3.63) is 0 Å². The van der Waals surface area contributed by atoms with E-state index in [0.717, 1.165) is 0 Å². The van der Waals surface area contributed by atoms with Gasteiger partial charge in [-0.1, -0.05) is 11.9 Å². The van der Waals surface area contributed by atoms with Crippen LogP contribution in [0.4, 0.5) is 4.79 Å². The molecule has 0 spiro atoms. The van der Waals surface area contributed by atoms with Crippen molar-refractivity contribution in [2.24, 2.45) is 0 Å². The monoisotopic (exact) mass is 275 g/mol. The molecule has 1 fully saturated rings. The smallest absolute Gasteiger partial charge is 0.323 e. The predicted octanol–water partition coefficient (Wildman–Crippen LogP) is -0.228. The molecular weight excluding hydrogens is 258 g/mol. The third-order valence-electron chi connectivity index (χ3n) is 2.07. The van der Waals surface area contributed by atoms with E-state index in [2.05, 4.69) is 15.4 Å². The normalized spacial score (nSPS) is 20.6. The van der Waals surface area contributed by atoms with E-state index in [1.807, 2.05) is 0 Å². The van der Waals surface area contributed by atoms with Gasteiger partial charge in [0.15, 0.2) is 0 Å². The van der Waals surface area contributed by atoms with Crippen molar-refractivity contribution < 1.29 is 19.1 Å². The van der Waals surface area contributed by atoms with Gasteiger partial charge in [0.25, 0.3) is 5.91 Å². The van der Waals surface area contributed by atoms with Crippen LogP contribution in [0, 0.1) is 0 Å². The highest BCUT2D eigenvalue weighted by molar-refractivity contribution is 7.97. The predicted molar refractivity (Wildman–Crippen MR) is 66.7 cm³/mol. The SMILES string of the molecule is CC(C)OC(=O)[C@H](C)NSCC1NC(=O)NC1=O. The number of imide groups is 1. The number of carbonyl (C=O) groups is 3. The molecule has 2 atom stereocenters. The van der Waals surface area contributed by atoms with Crippen LogP contribution in [-0.4, -0.2) is 41.8 Å². The van der Waals surface area contributed by atoms with Crippen LogP contribution >= 0.6 is 11.9 Å². The molecule has 0 saturated carbocycles. The van der Waals surface area contributed by atoms with Gasteiger partial charge in [0.1, 0.15) is 12.1 Å². The van der Waals surface area contributed by atoms with Gasteiger partial charge < -0.3 is 10.1 Å². The largest absolute Gasteiger partial charge is 0.462 e. The Labute approximate surface area is 110 Å². The summed E-state index contributed by atoms with van der Waals surface area (Å²) in [6.07, 6.45) is -0.161. The zero-order valence-electron chi connectivity index (χ0n) is 10.5. The minimum Gasteiger partial charge on any atom is -0.462 e. The number of carbonyl (C=O) groups excluding carboxylic acids is 3. The number of hydrogen-bond acceptors (Lipinski definition) is 6. The third-order valence-corrected chi connectivity index (χ3v) is 3.09. The highest BCUT2D eigenvalue weighted by Gasteiger charge is 2.29. The van der Waals surface area contributed by atoms with Gasteiger partial charge in [-0.05, 0) is 20.8 Å². The molecule has 0 aromatic carbocycles. The first kappa shape index (κ1) is 14.8. The standard InChI is InChI=1S/C10H17N3O4S/c1-5(2)17-9(15)6(3)13-18-4-7-8(14)12-10(16)11-7/h5-7,13H,4H2,1-3H3,(H2,11,12,14,16)/t6-,7?/m0/s1. The quantitative estimate of drug-likeness (QED) is 0.352. The lowest BCUT2D eigenvalue weighted by Gasteiger charge is -2.15. The van der Waals surface area contributed by atoms with Crippen molar-refractivity contribution in [3.63, 3.8) is 0 Å². The van der Waals surface area contributed by atoms with E-state index >= 15 is 0 Å². The number of nitrogens with one attached hydrogen (secondary N) is 3. The van der Waals surface area contributed by atoms with Crippen molar-refractivity contribution in [1.29, 1.82) is 0 Å². The summed E-state index contributed by atoms with van der Waals surface area (Å²) in [4.78, 5) is 33.5. The Bertz CT molecular complexity index is 348. The first-order chi connectivity index (χ1) is 8.40. The minimum atomic E-state index is -0.566. The fourth-order valence-electron chi connectivity index (χ4n) is 1.22. The average Bonchev–Trinajstić information content (AvgIpc) is 2.56. The highest BCUT2D eigenvalue weighted by Crippen LogP contribution is 2.05. The maximum Gasteiger partial charge on any atom is 0.323 e. The van der Waals surface area contributed by atoms with Crippen LogP contribution in [0.25, 0.3) is 0 Å². The number of esters is 1. The molecule has 7 nitrogen and oxygen atoms in total. The summed E-state index contributed by atoms with van der Waals surface area (Å²) in [5, 5.41) is 4.59. The molecule has 1 heterocycles. The van der Waals surface area contributed by atoms with Crippen LogP contribution in [0.3, 0.4) is 0 Å². The Balaban J connectivity index is 2.23. The summed E-state index contributed by atoms with van der Waals surface area (Å²) in [6.45, 7) is 5.22. The maximum atomic E-state index is 11.4. The van der Waals surface area contributed by atoms with Crippen molar-refractivity contribution in [2.45, 2.75) is 39.0 Å². The second kappa shape index (κ2) is 6.60. The van der Waals surface area contributed by atoms with Crippen molar-refractivity contribution in [2.75, 3.05) is 5.75 Å². The summed E-state index contributed by atoms with van der Waals surface area (Å²) in [5.74, 6) is -0.360. The average molecular weight is 275 g/mol. The second-order valence-electron chi connectivity index (χ2n) is 4.15. The number of hydrogen-bond donors (Lipinski definition) is 3. The Morgan fingerprint density at radius 1 is 1.44 bits per heavy atom. The molecule has 3 amide bonds. The summed E-state index contributed by atoms with van der Waals surface area (Å²) in [7, 11) is 0. The fraction of sp³-hybridized carbons (Fsp3) is 0.700. The summed E-state index contributed by atoms with van der Waals surface area (Å²) in [5.41, 5.74) is 0. The van der Waals surface area contributed by atoms with Gasteiger partial charge in [-0.25, -0.2) is 4.79 Å². The van der Waals surface area contributed by atoms with Crippen LogP contribution in [0.5, 0.6) is 0 Å². The lowest BCUT2D eigenvalue weighted by atomic mass is 10.3. The molecule has 1 aliphatic rings. The third kappa shape index (κ3) is 4.53. The number of amides is 3. The van der Waals surface area contributed by atoms with E-state index in [4.69, 9.17) is 4.74 Å². The molecule has 1 unspecified atom stereocenters. The molecule has 0 aliphatic carbocycles. The Hall–Kier alpha value is -1.28. The van der Waals surface area contributed by atoms with Gasteiger partial charge in [0.2, 0.25) is 0 Å². The number of urea groups is 1. The Kier molecular flexibility index (Phi) is 5.42. The lowest BCUT2D eigenvalue weighted by molar-refractivity contribution is -0.148. The first-order valence-electron chi connectivity index (χ1n) is 5.59. The van der Waals surface area contributed by atoms with Gasteiger partial charge in [-0.15, -0.1) is 0 Å². The molecular formula is C10H17N3O4S. The number of ether oxygens (including phenoxy) is 1. The summed E-state index contributed by atoms with van der Waals surface area (Å²) in [6, 6.07) is -1.53. The second-order valence-corrected chi connectivity index (χ2v) is 5.01. The zero-order chi connectivity index (χ0) is 13.7. The molecule has 1 rings (SSSR count). The van der Waals surface area contributed by atoms with Gasteiger partial charge >= 0.3 is 12.0 Å². The van der Waals surface area contributed by atoms with E-state index in [-0.39, 0.29) is 18.0 Å². The van der Waals surface area contributed by atoms with E-state index in [0.29, 0.717) is 5.75 Å². The molecule has 3 N–H and O–H groups in total. The molecule has 0 aromatic heterocycles. The minimum absolute atomic E-state index is 0.161. The lowest BCUT2D eigenvalue weighted by Crippen LogP contribution is -2.36. The van der Waals surface area contributed by atoms with Gasteiger partial charge in [-0.2, -0.15) is 0 Å². The van der Waals surface area contributed by atoms with E-state index < -0.39 is 18.1 Å². The van der Waals surface area contributed by atoms with Crippen LogP contribution < -0.4 is 15.4 Å². The molecule has 0 bridgehead atoms. The van der Waals surface area contributed by atoms with Crippen molar-refractivity contribution >= 4 is 29.9 Å². The Morgan fingerprint density at radius 2 is 2.11 bits per heavy atom. The van der Waals surface area contributed by atoms with Crippen LogP contribution in [-0.2, 0) is 14.3 Å². The Morgan fingerprint density at radius 3 is 2.61 bits per heavy atom. The zero-order valence-corrected chi connectivity index (χ0v) is 11.3. The molecule has 0 aromatic rings. The highest BCUT2D eigenvalue weighted by atomic mass is 32.2. The van der Waals surface area contributed by atoms with E-state index in [1.54, 1.807) is 20.8 Å². The van der Waals surface area contributed by atoms with Gasteiger partial charge in [-0.3, -0.25) is 19.6 Å². The molecule has 102 valence electrons. The molecule has 1 aliphatic heterocycles. The first-order valence-corrected chi connectivity index (χ1v) is 6.58. The number of rotatable bonds is 6. The summed E-state index contributed by atoms with van der Waals surface area (Å²) < 4.78 is 7.87. The molecule has 18 heavy (non-hydrogen) atoms. The van der Waals surface area contributed by atoms with Gasteiger partial charge in [0, 0.05) is 5.75 Å². The van der Waals surface area contributed by atoms with E-state index in [9.17, 15) is 14.4 Å². The fourth-order valence-corrected chi connectivity index (χ4v) is 2.06. The van der Waals surface area contributed by atoms with Crippen LogP contribution in [0.2, 0.25) is 0 Å². The van der Waals surface area contributed by atoms with Gasteiger partial charge in [0.05, 0.1) is 6.10 Å². The summed E-state index contributed by atoms with van der Waals surface area (Å²) >= 11 is 1.19. The topological polar surface area (TPSA) is 96.5 Å². The molecule has 0 radical (unpaired) electrons. The van der Waals surface area contributed by atoms with Crippen molar-refractivity contribution in [1.82, 2.24) is 15.4 Å². The van der Waals surface area contributed by atoms with E-state index in [1.165, 1.54) is 11.9 Å².